The minimum atomic E-state index is -0.428. The highest BCUT2D eigenvalue weighted by Gasteiger charge is 2.17. The van der Waals surface area contributed by atoms with Crippen LogP contribution in [0.5, 0.6) is 0 Å². The molecule has 0 radical (unpaired) electrons. The summed E-state index contributed by atoms with van der Waals surface area (Å²) in [6.45, 7) is 0. The summed E-state index contributed by atoms with van der Waals surface area (Å²) in [4.78, 5) is 0. The Hall–Kier alpha value is -0.670. The average Bonchev–Trinajstić information content (AvgIpc) is 2.38. The Labute approximate surface area is 108 Å². The molecule has 1 aliphatic carbocycles. The second-order valence-corrected chi connectivity index (χ2v) is 6.07. The van der Waals surface area contributed by atoms with Gasteiger partial charge in [0, 0.05) is 22.3 Å². The molecule has 1 atom stereocenters. The lowest BCUT2D eigenvalue weighted by Crippen LogP contribution is -2.12. The number of thioether (sulfide) groups is 1. The minimum Gasteiger partial charge on any atom is -0.398 e. The normalized spacial score (nSPS) is 19.1. The number of anilines is 1. The minimum absolute atomic E-state index is 0.428. The van der Waals surface area contributed by atoms with Gasteiger partial charge in [0.1, 0.15) is 0 Å². The van der Waals surface area contributed by atoms with Crippen LogP contribution in [-0.2, 0) is 0 Å². The van der Waals surface area contributed by atoms with Gasteiger partial charge in [-0.2, -0.15) is 11.8 Å². The van der Waals surface area contributed by atoms with E-state index in [2.05, 4.69) is 0 Å². The van der Waals surface area contributed by atoms with Crippen molar-refractivity contribution in [2.24, 2.45) is 0 Å². The van der Waals surface area contributed by atoms with Crippen LogP contribution in [0, 0.1) is 0 Å². The van der Waals surface area contributed by atoms with Gasteiger partial charge < -0.3 is 10.8 Å². The van der Waals surface area contributed by atoms with E-state index in [1.54, 1.807) is 0 Å². The number of nitrogen functional groups attached to an aromatic ring is 1. The predicted molar refractivity (Wildman–Crippen MR) is 75.1 cm³/mol. The number of benzene rings is 1. The van der Waals surface area contributed by atoms with E-state index in [4.69, 9.17) is 5.73 Å². The molecule has 1 unspecified atom stereocenters. The SMILES string of the molecule is Nc1ccccc1C(O)CSC1CCCCC1. The van der Waals surface area contributed by atoms with E-state index >= 15 is 0 Å². The molecule has 3 heteroatoms. The summed E-state index contributed by atoms with van der Waals surface area (Å²) in [5.41, 5.74) is 7.43. The van der Waals surface area contributed by atoms with Gasteiger partial charge in [-0.25, -0.2) is 0 Å². The van der Waals surface area contributed by atoms with Crippen LogP contribution in [0.4, 0.5) is 5.69 Å². The molecule has 17 heavy (non-hydrogen) atoms. The van der Waals surface area contributed by atoms with Gasteiger partial charge in [-0.15, -0.1) is 0 Å². The van der Waals surface area contributed by atoms with Crippen LogP contribution in [0.25, 0.3) is 0 Å². The molecule has 1 aromatic carbocycles. The Morgan fingerprint density at radius 2 is 1.94 bits per heavy atom. The number of rotatable bonds is 4. The van der Waals surface area contributed by atoms with Crippen molar-refractivity contribution in [2.75, 3.05) is 11.5 Å². The summed E-state index contributed by atoms with van der Waals surface area (Å²) in [5, 5.41) is 10.9. The van der Waals surface area contributed by atoms with Crippen molar-refractivity contribution in [3.8, 4) is 0 Å². The number of aliphatic hydroxyl groups excluding tert-OH is 1. The molecule has 94 valence electrons. The number of hydrogen-bond acceptors (Lipinski definition) is 3. The van der Waals surface area contributed by atoms with Gasteiger partial charge in [0.25, 0.3) is 0 Å². The molecule has 1 fully saturated rings. The zero-order chi connectivity index (χ0) is 12.1. The summed E-state index contributed by atoms with van der Waals surface area (Å²) >= 11 is 1.90. The zero-order valence-corrected chi connectivity index (χ0v) is 11.0. The maximum Gasteiger partial charge on any atom is 0.0900 e. The van der Waals surface area contributed by atoms with E-state index in [1.165, 1.54) is 32.1 Å². The first-order chi connectivity index (χ1) is 8.27. The molecular formula is C14H21NOS. The summed E-state index contributed by atoms with van der Waals surface area (Å²) in [7, 11) is 0. The second-order valence-electron chi connectivity index (χ2n) is 4.74. The Morgan fingerprint density at radius 1 is 1.24 bits per heavy atom. The molecule has 0 aromatic heterocycles. The molecule has 0 saturated heterocycles. The Balaban J connectivity index is 1.84. The lowest BCUT2D eigenvalue weighted by atomic mass is 10.0. The van der Waals surface area contributed by atoms with Crippen molar-refractivity contribution in [3.63, 3.8) is 0 Å². The van der Waals surface area contributed by atoms with Crippen LogP contribution in [0.2, 0.25) is 0 Å². The third-order valence-electron chi connectivity index (χ3n) is 3.40. The highest BCUT2D eigenvalue weighted by Crippen LogP contribution is 2.32. The van der Waals surface area contributed by atoms with Crippen molar-refractivity contribution < 1.29 is 5.11 Å². The van der Waals surface area contributed by atoms with Crippen molar-refractivity contribution >= 4 is 17.4 Å². The second kappa shape index (κ2) is 6.31. The van der Waals surface area contributed by atoms with Gasteiger partial charge in [-0.05, 0) is 18.9 Å². The Bertz CT molecular complexity index is 350. The summed E-state index contributed by atoms with van der Waals surface area (Å²) in [6, 6.07) is 7.60. The monoisotopic (exact) mass is 251 g/mol. The first-order valence-corrected chi connectivity index (χ1v) is 7.46. The average molecular weight is 251 g/mol. The van der Waals surface area contributed by atoms with Crippen LogP contribution in [0.1, 0.15) is 43.8 Å². The predicted octanol–water partition coefficient (Wildman–Crippen LogP) is 3.37. The number of aliphatic hydroxyl groups is 1. The highest BCUT2D eigenvalue weighted by molar-refractivity contribution is 7.99. The summed E-state index contributed by atoms with van der Waals surface area (Å²) in [6.07, 6.45) is 6.26. The van der Waals surface area contributed by atoms with E-state index < -0.39 is 6.10 Å². The van der Waals surface area contributed by atoms with Crippen molar-refractivity contribution in [2.45, 2.75) is 43.5 Å². The number of nitrogens with two attached hydrogens (primary N) is 1. The standard InChI is InChI=1S/C14H21NOS/c15-13-9-5-4-8-12(13)14(16)10-17-11-6-2-1-3-7-11/h4-5,8-9,11,14,16H,1-3,6-7,10,15H2. The molecule has 0 aliphatic heterocycles. The fourth-order valence-corrected chi connectivity index (χ4v) is 3.66. The van der Waals surface area contributed by atoms with Gasteiger partial charge in [0.05, 0.1) is 6.10 Å². The van der Waals surface area contributed by atoms with Crippen LogP contribution >= 0.6 is 11.8 Å². The largest absolute Gasteiger partial charge is 0.398 e. The number of hydrogen-bond donors (Lipinski definition) is 2. The number of para-hydroxylation sites is 1. The lowest BCUT2D eigenvalue weighted by Gasteiger charge is -2.22. The van der Waals surface area contributed by atoms with Crippen molar-refractivity contribution in [1.29, 1.82) is 0 Å². The molecule has 0 bridgehead atoms. The van der Waals surface area contributed by atoms with Gasteiger partial charge >= 0.3 is 0 Å². The fraction of sp³-hybridized carbons (Fsp3) is 0.571. The maximum atomic E-state index is 10.1. The fourth-order valence-electron chi connectivity index (χ4n) is 2.36. The molecule has 0 heterocycles. The third-order valence-corrected chi connectivity index (χ3v) is 4.85. The zero-order valence-electron chi connectivity index (χ0n) is 10.1. The molecule has 1 aromatic rings. The molecule has 0 spiro atoms. The van der Waals surface area contributed by atoms with E-state index in [9.17, 15) is 5.11 Å². The smallest absolute Gasteiger partial charge is 0.0900 e. The molecule has 0 amide bonds. The molecule has 1 saturated carbocycles. The quantitative estimate of drug-likeness (QED) is 0.807. The molecule has 2 nitrogen and oxygen atoms in total. The van der Waals surface area contributed by atoms with E-state index in [-0.39, 0.29) is 0 Å². The Kier molecular flexibility index (Phi) is 4.75. The van der Waals surface area contributed by atoms with Gasteiger partial charge in [0.15, 0.2) is 0 Å². The molecule has 2 rings (SSSR count). The van der Waals surface area contributed by atoms with Gasteiger partial charge in [-0.3, -0.25) is 0 Å². The topological polar surface area (TPSA) is 46.2 Å². The Morgan fingerprint density at radius 3 is 2.65 bits per heavy atom. The van der Waals surface area contributed by atoms with Crippen LogP contribution < -0.4 is 5.73 Å². The molecule has 3 N–H and O–H groups in total. The first-order valence-electron chi connectivity index (χ1n) is 6.41. The van der Waals surface area contributed by atoms with E-state index in [1.807, 2.05) is 36.0 Å². The maximum absolute atomic E-state index is 10.1. The van der Waals surface area contributed by atoms with E-state index in [0.29, 0.717) is 5.69 Å². The van der Waals surface area contributed by atoms with Crippen LogP contribution in [-0.4, -0.2) is 16.1 Å². The summed E-state index contributed by atoms with van der Waals surface area (Å²) in [5.74, 6) is 0.763. The van der Waals surface area contributed by atoms with Crippen molar-refractivity contribution in [3.05, 3.63) is 29.8 Å². The highest BCUT2D eigenvalue weighted by atomic mass is 32.2. The summed E-state index contributed by atoms with van der Waals surface area (Å²) < 4.78 is 0. The van der Waals surface area contributed by atoms with E-state index in [0.717, 1.165) is 16.6 Å². The van der Waals surface area contributed by atoms with Gasteiger partial charge in [-0.1, -0.05) is 37.5 Å². The van der Waals surface area contributed by atoms with Crippen LogP contribution in [0.15, 0.2) is 24.3 Å². The van der Waals surface area contributed by atoms with Crippen molar-refractivity contribution in [1.82, 2.24) is 0 Å². The lowest BCUT2D eigenvalue weighted by molar-refractivity contribution is 0.204. The first kappa shape index (κ1) is 12.8. The van der Waals surface area contributed by atoms with Gasteiger partial charge in [0.2, 0.25) is 0 Å². The molecule has 1 aliphatic rings. The van der Waals surface area contributed by atoms with Crippen LogP contribution in [0.3, 0.4) is 0 Å². The third kappa shape index (κ3) is 3.65. The molecular weight excluding hydrogens is 230 g/mol.